The average Bonchev–Trinajstić information content (AvgIpc) is 2.47. The van der Waals surface area contributed by atoms with E-state index in [4.69, 9.17) is 0 Å². The lowest BCUT2D eigenvalue weighted by atomic mass is 9.83. The molecule has 0 spiro atoms. The fraction of sp³-hybridized carbons (Fsp3) is 0.571. The summed E-state index contributed by atoms with van der Waals surface area (Å²) in [5.41, 5.74) is 0.868. The highest BCUT2D eigenvalue weighted by atomic mass is 16.3. The molecular weight excluding hydrogens is 184 g/mol. The molecule has 1 nitrogen and oxygen atoms in total. The smallest absolute Gasteiger partial charge is 0.0676 e. The zero-order valence-corrected chi connectivity index (χ0v) is 9.61. The van der Waals surface area contributed by atoms with Gasteiger partial charge in [-0.3, -0.25) is 0 Å². The molecule has 82 valence electrons. The van der Waals surface area contributed by atoms with Crippen molar-refractivity contribution in [2.45, 2.75) is 38.7 Å². The van der Waals surface area contributed by atoms with Gasteiger partial charge >= 0.3 is 0 Å². The van der Waals surface area contributed by atoms with Crippen LogP contribution in [0.2, 0.25) is 0 Å². The van der Waals surface area contributed by atoms with E-state index in [0.717, 1.165) is 19.3 Å². The summed E-state index contributed by atoms with van der Waals surface area (Å²) in [5, 5.41) is 10.4. The Morgan fingerprint density at radius 2 is 1.93 bits per heavy atom. The van der Waals surface area contributed by atoms with Gasteiger partial charge in [0, 0.05) is 0 Å². The molecule has 1 aromatic rings. The first-order valence-corrected chi connectivity index (χ1v) is 5.87. The lowest BCUT2D eigenvalue weighted by Crippen LogP contribution is -2.35. The SMILES string of the molecule is C[C@@H]1CC[C@H](Cc2ccccc2)[C@]1(C)O. The van der Waals surface area contributed by atoms with Crippen LogP contribution in [0.1, 0.15) is 32.3 Å². The standard InChI is InChI=1S/C14H20O/c1-11-8-9-13(14(11,2)15)10-12-6-4-3-5-7-12/h3-7,11,13,15H,8-10H2,1-2H3/t11-,13-,14-/m1/s1. The summed E-state index contributed by atoms with van der Waals surface area (Å²) >= 11 is 0. The van der Waals surface area contributed by atoms with E-state index in [0.29, 0.717) is 11.8 Å². The van der Waals surface area contributed by atoms with Gasteiger partial charge in [-0.25, -0.2) is 0 Å². The molecule has 0 aromatic heterocycles. The van der Waals surface area contributed by atoms with Crippen molar-refractivity contribution in [3.63, 3.8) is 0 Å². The van der Waals surface area contributed by atoms with Crippen LogP contribution >= 0.6 is 0 Å². The van der Waals surface area contributed by atoms with Crippen LogP contribution in [0.25, 0.3) is 0 Å². The van der Waals surface area contributed by atoms with E-state index in [1.54, 1.807) is 0 Å². The molecule has 1 aliphatic rings. The Kier molecular flexibility index (Phi) is 2.83. The van der Waals surface area contributed by atoms with Crippen LogP contribution in [-0.2, 0) is 6.42 Å². The number of aliphatic hydroxyl groups is 1. The van der Waals surface area contributed by atoms with Gasteiger partial charge in [0.2, 0.25) is 0 Å². The molecule has 15 heavy (non-hydrogen) atoms. The highest BCUT2D eigenvalue weighted by Crippen LogP contribution is 2.41. The summed E-state index contributed by atoms with van der Waals surface area (Å²) < 4.78 is 0. The van der Waals surface area contributed by atoms with Crippen molar-refractivity contribution < 1.29 is 5.11 Å². The first-order valence-electron chi connectivity index (χ1n) is 5.87. The van der Waals surface area contributed by atoms with Gasteiger partial charge in [-0.1, -0.05) is 37.3 Å². The van der Waals surface area contributed by atoms with Gasteiger partial charge in [0.15, 0.2) is 0 Å². The van der Waals surface area contributed by atoms with E-state index in [1.807, 2.05) is 13.0 Å². The number of hydrogen-bond donors (Lipinski definition) is 1. The topological polar surface area (TPSA) is 20.2 Å². The maximum Gasteiger partial charge on any atom is 0.0676 e. The second-order valence-corrected chi connectivity index (χ2v) is 5.09. The summed E-state index contributed by atoms with van der Waals surface area (Å²) in [4.78, 5) is 0. The third-order valence-electron chi connectivity index (χ3n) is 4.10. The number of hydrogen-bond acceptors (Lipinski definition) is 1. The van der Waals surface area contributed by atoms with Gasteiger partial charge < -0.3 is 5.11 Å². The zero-order valence-electron chi connectivity index (χ0n) is 9.61. The summed E-state index contributed by atoms with van der Waals surface area (Å²) in [7, 11) is 0. The molecule has 1 aromatic carbocycles. The number of rotatable bonds is 2. The van der Waals surface area contributed by atoms with Crippen molar-refractivity contribution in [1.29, 1.82) is 0 Å². The quantitative estimate of drug-likeness (QED) is 0.785. The highest BCUT2D eigenvalue weighted by molar-refractivity contribution is 5.16. The highest BCUT2D eigenvalue weighted by Gasteiger charge is 2.42. The minimum Gasteiger partial charge on any atom is -0.390 e. The Labute approximate surface area is 92.1 Å². The lowest BCUT2D eigenvalue weighted by molar-refractivity contribution is -0.0127. The van der Waals surface area contributed by atoms with Crippen molar-refractivity contribution in [1.82, 2.24) is 0 Å². The van der Waals surface area contributed by atoms with E-state index in [2.05, 4.69) is 31.2 Å². The van der Waals surface area contributed by atoms with Crippen LogP contribution < -0.4 is 0 Å². The van der Waals surface area contributed by atoms with Gasteiger partial charge in [-0.05, 0) is 43.6 Å². The van der Waals surface area contributed by atoms with E-state index >= 15 is 0 Å². The molecule has 0 aliphatic heterocycles. The van der Waals surface area contributed by atoms with Crippen LogP contribution in [0.15, 0.2) is 30.3 Å². The third-order valence-corrected chi connectivity index (χ3v) is 4.10. The maximum absolute atomic E-state index is 10.4. The summed E-state index contributed by atoms with van der Waals surface area (Å²) in [6.45, 7) is 4.16. The molecule has 1 aliphatic carbocycles. The van der Waals surface area contributed by atoms with Gasteiger partial charge in [-0.15, -0.1) is 0 Å². The van der Waals surface area contributed by atoms with Crippen molar-refractivity contribution in [2.75, 3.05) is 0 Å². The zero-order chi connectivity index (χ0) is 10.9. The molecule has 0 unspecified atom stereocenters. The van der Waals surface area contributed by atoms with Gasteiger partial charge in [0.25, 0.3) is 0 Å². The largest absolute Gasteiger partial charge is 0.390 e. The summed E-state index contributed by atoms with van der Waals surface area (Å²) in [6.07, 6.45) is 3.33. The summed E-state index contributed by atoms with van der Waals surface area (Å²) in [5.74, 6) is 0.862. The normalized spacial score (nSPS) is 35.7. The molecule has 0 radical (unpaired) electrons. The van der Waals surface area contributed by atoms with Crippen molar-refractivity contribution >= 4 is 0 Å². The van der Waals surface area contributed by atoms with Crippen LogP contribution in [0.4, 0.5) is 0 Å². The Morgan fingerprint density at radius 3 is 2.47 bits per heavy atom. The maximum atomic E-state index is 10.4. The van der Waals surface area contributed by atoms with Crippen LogP contribution in [0, 0.1) is 11.8 Å². The van der Waals surface area contributed by atoms with Crippen molar-refractivity contribution in [2.24, 2.45) is 11.8 Å². The lowest BCUT2D eigenvalue weighted by Gasteiger charge is -2.29. The average molecular weight is 204 g/mol. The second-order valence-electron chi connectivity index (χ2n) is 5.09. The Balaban J connectivity index is 2.08. The first-order chi connectivity index (χ1) is 7.10. The molecule has 0 bridgehead atoms. The fourth-order valence-corrected chi connectivity index (χ4v) is 2.65. The fourth-order valence-electron chi connectivity index (χ4n) is 2.65. The van der Waals surface area contributed by atoms with Crippen LogP contribution in [0.3, 0.4) is 0 Å². The second kappa shape index (κ2) is 3.97. The minimum atomic E-state index is -0.476. The molecule has 0 heterocycles. The molecule has 3 atom stereocenters. The first kappa shape index (κ1) is 10.7. The van der Waals surface area contributed by atoms with Crippen molar-refractivity contribution in [3.8, 4) is 0 Å². The van der Waals surface area contributed by atoms with Crippen LogP contribution in [-0.4, -0.2) is 10.7 Å². The molecular formula is C14H20O. The van der Waals surface area contributed by atoms with Gasteiger partial charge in [0.1, 0.15) is 0 Å². The monoisotopic (exact) mass is 204 g/mol. The molecule has 0 saturated heterocycles. The molecule has 1 N–H and O–H groups in total. The van der Waals surface area contributed by atoms with Crippen molar-refractivity contribution in [3.05, 3.63) is 35.9 Å². The van der Waals surface area contributed by atoms with Gasteiger partial charge in [0.05, 0.1) is 5.60 Å². The molecule has 2 rings (SSSR count). The predicted molar refractivity (Wildman–Crippen MR) is 62.7 cm³/mol. The molecule has 1 heteroatoms. The van der Waals surface area contributed by atoms with E-state index in [9.17, 15) is 5.11 Å². The van der Waals surface area contributed by atoms with E-state index in [-0.39, 0.29) is 0 Å². The van der Waals surface area contributed by atoms with Crippen LogP contribution in [0.5, 0.6) is 0 Å². The Morgan fingerprint density at radius 1 is 1.27 bits per heavy atom. The Hall–Kier alpha value is -0.820. The van der Waals surface area contributed by atoms with Gasteiger partial charge in [-0.2, -0.15) is 0 Å². The minimum absolute atomic E-state index is 0.426. The van der Waals surface area contributed by atoms with E-state index < -0.39 is 5.60 Å². The molecule has 0 amide bonds. The summed E-state index contributed by atoms with van der Waals surface area (Å²) in [6, 6.07) is 10.5. The third kappa shape index (κ3) is 2.07. The molecule has 1 saturated carbocycles. The predicted octanol–water partition coefficient (Wildman–Crippen LogP) is 3.03. The Bertz CT molecular complexity index is 315. The number of benzene rings is 1. The molecule has 1 fully saturated rings. The van der Waals surface area contributed by atoms with E-state index in [1.165, 1.54) is 5.56 Å².